The Morgan fingerprint density at radius 2 is 1.80 bits per heavy atom. The van der Waals surface area contributed by atoms with Crippen molar-refractivity contribution in [2.75, 3.05) is 23.7 Å². The monoisotopic (exact) mass is 357 g/mol. The minimum absolute atomic E-state index is 0.000311. The van der Waals surface area contributed by atoms with E-state index in [-0.39, 0.29) is 5.91 Å². The molecule has 25 heavy (non-hydrogen) atoms. The van der Waals surface area contributed by atoms with E-state index in [2.05, 4.69) is 15.7 Å². The van der Waals surface area contributed by atoms with Crippen LogP contribution in [-0.4, -0.2) is 38.8 Å². The van der Waals surface area contributed by atoms with Crippen molar-refractivity contribution in [3.05, 3.63) is 41.7 Å². The predicted molar refractivity (Wildman–Crippen MR) is 104 cm³/mol. The van der Waals surface area contributed by atoms with Gasteiger partial charge in [0.05, 0.1) is 11.9 Å². The highest BCUT2D eigenvalue weighted by Crippen LogP contribution is 2.20. The first-order valence-corrected chi connectivity index (χ1v) is 8.91. The van der Waals surface area contributed by atoms with E-state index in [9.17, 15) is 4.79 Å². The zero-order valence-electron chi connectivity index (χ0n) is 14.6. The molecule has 0 unspecified atom stereocenters. The number of hydrogen-bond donors (Lipinski definition) is 2. The van der Waals surface area contributed by atoms with Crippen LogP contribution in [0.1, 0.15) is 35.3 Å². The van der Waals surface area contributed by atoms with Gasteiger partial charge in [-0.1, -0.05) is 17.7 Å². The molecule has 0 atom stereocenters. The molecule has 2 aromatic rings. The van der Waals surface area contributed by atoms with Gasteiger partial charge in [0, 0.05) is 25.8 Å². The number of rotatable bonds is 3. The molecular formula is C18H23N5OS. The molecule has 1 saturated heterocycles. The minimum atomic E-state index is 0.000311. The van der Waals surface area contributed by atoms with Gasteiger partial charge in [0.1, 0.15) is 5.69 Å². The van der Waals surface area contributed by atoms with Crippen molar-refractivity contribution in [3.8, 4) is 0 Å². The van der Waals surface area contributed by atoms with Crippen LogP contribution in [0, 0.1) is 6.92 Å². The molecule has 7 heteroatoms. The minimum Gasteiger partial charge on any atom is -0.337 e. The molecule has 1 aromatic heterocycles. The Morgan fingerprint density at radius 1 is 1.12 bits per heavy atom. The third-order valence-corrected chi connectivity index (χ3v) is 4.55. The second-order valence-electron chi connectivity index (χ2n) is 6.33. The summed E-state index contributed by atoms with van der Waals surface area (Å²) in [4.78, 5) is 14.7. The fourth-order valence-electron chi connectivity index (χ4n) is 2.95. The first-order valence-electron chi connectivity index (χ1n) is 8.50. The molecule has 0 bridgehead atoms. The molecule has 1 aliphatic rings. The number of carbonyl (C=O) groups excluding carboxylic acids is 1. The summed E-state index contributed by atoms with van der Waals surface area (Å²) in [5.41, 5.74) is 3.25. The third-order valence-electron chi connectivity index (χ3n) is 4.34. The molecule has 2 heterocycles. The van der Waals surface area contributed by atoms with E-state index in [1.54, 1.807) is 17.9 Å². The maximum absolute atomic E-state index is 12.8. The smallest absolute Gasteiger partial charge is 0.274 e. The van der Waals surface area contributed by atoms with Gasteiger partial charge in [-0.05, 0) is 50.5 Å². The van der Waals surface area contributed by atoms with E-state index < -0.39 is 0 Å². The van der Waals surface area contributed by atoms with Crippen LogP contribution < -0.4 is 10.6 Å². The summed E-state index contributed by atoms with van der Waals surface area (Å²) in [6, 6.07) is 7.96. The van der Waals surface area contributed by atoms with Crippen molar-refractivity contribution in [1.82, 2.24) is 14.7 Å². The summed E-state index contributed by atoms with van der Waals surface area (Å²) in [6.45, 7) is 3.64. The maximum Gasteiger partial charge on any atom is 0.274 e. The molecular weight excluding hydrogens is 334 g/mol. The SMILES string of the molecule is Cc1ccc(NC(=S)Nc2cnn(C)c2C(=O)N2CCCCC2)cc1. The molecule has 1 amide bonds. The molecule has 0 aliphatic carbocycles. The Morgan fingerprint density at radius 3 is 2.48 bits per heavy atom. The molecule has 1 aromatic carbocycles. The first kappa shape index (κ1) is 17.4. The third kappa shape index (κ3) is 4.17. The Balaban J connectivity index is 1.71. The lowest BCUT2D eigenvalue weighted by Crippen LogP contribution is -2.37. The van der Waals surface area contributed by atoms with Crippen molar-refractivity contribution in [3.63, 3.8) is 0 Å². The average Bonchev–Trinajstić information content (AvgIpc) is 2.97. The number of hydrogen-bond acceptors (Lipinski definition) is 3. The standard InChI is InChI=1S/C18H23N5OS/c1-13-6-8-14(9-7-13)20-18(25)21-15-12-19-22(2)16(15)17(24)23-10-4-3-5-11-23/h6-9,12H,3-5,10-11H2,1-2H3,(H2,20,21,25). The topological polar surface area (TPSA) is 62.2 Å². The van der Waals surface area contributed by atoms with Crippen LogP contribution in [0.3, 0.4) is 0 Å². The Labute approximate surface area is 153 Å². The molecule has 1 aliphatic heterocycles. The maximum atomic E-state index is 12.8. The summed E-state index contributed by atoms with van der Waals surface area (Å²) < 4.78 is 1.60. The molecule has 6 nitrogen and oxygen atoms in total. The zero-order chi connectivity index (χ0) is 17.8. The molecule has 1 fully saturated rings. The van der Waals surface area contributed by atoms with Crippen molar-refractivity contribution in [2.45, 2.75) is 26.2 Å². The first-order chi connectivity index (χ1) is 12.0. The Bertz CT molecular complexity index is 762. The number of aromatic nitrogens is 2. The molecule has 0 radical (unpaired) electrons. The lowest BCUT2D eigenvalue weighted by Gasteiger charge is -2.27. The number of nitrogens with one attached hydrogen (secondary N) is 2. The number of benzene rings is 1. The summed E-state index contributed by atoms with van der Waals surface area (Å²) in [5.74, 6) is 0.000311. The van der Waals surface area contributed by atoms with Gasteiger partial charge in [-0.25, -0.2) is 0 Å². The van der Waals surface area contributed by atoms with Crippen molar-refractivity contribution in [1.29, 1.82) is 0 Å². The largest absolute Gasteiger partial charge is 0.337 e. The van der Waals surface area contributed by atoms with Gasteiger partial charge < -0.3 is 15.5 Å². The fraction of sp³-hybridized carbons (Fsp3) is 0.389. The van der Waals surface area contributed by atoms with Gasteiger partial charge in [0.25, 0.3) is 5.91 Å². The van der Waals surface area contributed by atoms with Gasteiger partial charge in [0.2, 0.25) is 0 Å². The van der Waals surface area contributed by atoms with Crippen LogP contribution in [0.5, 0.6) is 0 Å². The fourth-order valence-corrected chi connectivity index (χ4v) is 3.18. The van der Waals surface area contributed by atoms with E-state index in [0.29, 0.717) is 16.5 Å². The number of nitrogens with zero attached hydrogens (tertiary/aromatic N) is 3. The number of anilines is 2. The van der Waals surface area contributed by atoms with Gasteiger partial charge in [-0.2, -0.15) is 5.10 Å². The van der Waals surface area contributed by atoms with Crippen LogP contribution in [0.2, 0.25) is 0 Å². The molecule has 0 saturated carbocycles. The lowest BCUT2D eigenvalue weighted by molar-refractivity contribution is 0.0714. The second-order valence-corrected chi connectivity index (χ2v) is 6.74. The Hall–Kier alpha value is -2.41. The van der Waals surface area contributed by atoms with Crippen LogP contribution in [0.4, 0.5) is 11.4 Å². The van der Waals surface area contributed by atoms with Crippen molar-refractivity contribution in [2.24, 2.45) is 7.05 Å². The van der Waals surface area contributed by atoms with Gasteiger partial charge in [0.15, 0.2) is 5.11 Å². The van der Waals surface area contributed by atoms with E-state index in [1.807, 2.05) is 36.1 Å². The van der Waals surface area contributed by atoms with Crippen LogP contribution in [0.25, 0.3) is 0 Å². The van der Waals surface area contributed by atoms with E-state index in [0.717, 1.165) is 31.6 Å². The summed E-state index contributed by atoms with van der Waals surface area (Å²) in [7, 11) is 1.78. The highest BCUT2D eigenvalue weighted by molar-refractivity contribution is 7.80. The molecule has 0 spiro atoms. The second kappa shape index (κ2) is 7.65. The molecule has 2 N–H and O–H groups in total. The van der Waals surface area contributed by atoms with Crippen LogP contribution in [-0.2, 0) is 7.05 Å². The van der Waals surface area contributed by atoms with E-state index in [4.69, 9.17) is 12.2 Å². The van der Waals surface area contributed by atoms with Crippen molar-refractivity contribution < 1.29 is 4.79 Å². The van der Waals surface area contributed by atoms with Crippen LogP contribution in [0.15, 0.2) is 30.5 Å². The number of thiocarbonyl (C=S) groups is 1. The highest BCUT2D eigenvalue weighted by atomic mass is 32.1. The number of piperidine rings is 1. The highest BCUT2D eigenvalue weighted by Gasteiger charge is 2.24. The van der Waals surface area contributed by atoms with Crippen molar-refractivity contribution >= 4 is 34.6 Å². The summed E-state index contributed by atoms with van der Waals surface area (Å²) >= 11 is 5.38. The molecule has 132 valence electrons. The number of likely N-dealkylation sites (tertiary alicyclic amines) is 1. The quantitative estimate of drug-likeness (QED) is 0.826. The lowest BCUT2D eigenvalue weighted by atomic mass is 10.1. The van der Waals surface area contributed by atoms with Gasteiger partial charge in [-0.15, -0.1) is 0 Å². The van der Waals surface area contributed by atoms with Crippen LogP contribution >= 0.6 is 12.2 Å². The van der Waals surface area contributed by atoms with E-state index >= 15 is 0 Å². The van der Waals surface area contributed by atoms with Gasteiger partial charge >= 0.3 is 0 Å². The van der Waals surface area contributed by atoms with Gasteiger partial charge in [-0.3, -0.25) is 9.48 Å². The number of aryl methyl sites for hydroxylation is 2. The molecule has 3 rings (SSSR count). The normalized spacial score (nSPS) is 14.2. The predicted octanol–water partition coefficient (Wildman–Crippen LogP) is 3.16. The number of amides is 1. The summed E-state index contributed by atoms with van der Waals surface area (Å²) in [6.07, 6.45) is 4.94. The summed E-state index contributed by atoms with van der Waals surface area (Å²) in [5, 5.41) is 10.9. The zero-order valence-corrected chi connectivity index (χ0v) is 15.4. The average molecular weight is 357 g/mol. The number of carbonyl (C=O) groups is 1. The Kier molecular flexibility index (Phi) is 5.33. The van der Waals surface area contributed by atoms with E-state index in [1.165, 1.54) is 12.0 Å².